The molecule has 0 saturated carbocycles. The van der Waals surface area contributed by atoms with E-state index < -0.39 is 0 Å². The molecule has 7 heteroatoms. The van der Waals surface area contributed by atoms with Crippen molar-refractivity contribution in [1.29, 1.82) is 0 Å². The molecule has 0 bridgehead atoms. The van der Waals surface area contributed by atoms with Crippen LogP contribution >= 0.6 is 0 Å². The van der Waals surface area contributed by atoms with Gasteiger partial charge in [0.25, 0.3) is 0 Å². The lowest BCUT2D eigenvalue weighted by molar-refractivity contribution is -0.132. The van der Waals surface area contributed by atoms with Crippen LogP contribution in [0.25, 0.3) is 0 Å². The molecule has 0 radical (unpaired) electrons. The van der Waals surface area contributed by atoms with E-state index in [-0.39, 0.29) is 29.8 Å². The van der Waals surface area contributed by atoms with E-state index in [1.165, 1.54) is 4.90 Å². The quantitative estimate of drug-likeness (QED) is 0.762. The fourth-order valence-corrected chi connectivity index (χ4v) is 3.21. The Balaban J connectivity index is 1.80. The molecule has 2 heterocycles. The highest BCUT2D eigenvalue weighted by atomic mass is 16.2. The van der Waals surface area contributed by atoms with Gasteiger partial charge in [-0.25, -0.2) is 4.79 Å². The predicted octanol–water partition coefficient (Wildman–Crippen LogP) is 0.167. The maximum Gasteiger partial charge on any atom is 0.317 e. The molecule has 2 aliphatic rings. The first-order chi connectivity index (χ1) is 10.4. The van der Waals surface area contributed by atoms with Gasteiger partial charge in [0.1, 0.15) is 0 Å². The highest BCUT2D eigenvalue weighted by Gasteiger charge is 2.37. The standard InChI is InChI=1S/C15H26N4O3/c1-18(2)14(22)17-11-13(21)19-9-6-15(7-10-19)4-3-12(20)16-8-5-15/h3-11H2,1-2H3,(H,16,20)(H,17,22). The van der Waals surface area contributed by atoms with Gasteiger partial charge >= 0.3 is 6.03 Å². The number of nitrogens with one attached hydrogen (secondary N) is 2. The zero-order valence-electron chi connectivity index (χ0n) is 13.5. The Morgan fingerprint density at radius 3 is 2.55 bits per heavy atom. The van der Waals surface area contributed by atoms with Gasteiger partial charge in [-0.05, 0) is 31.1 Å². The Kier molecular flexibility index (Phi) is 5.26. The monoisotopic (exact) mass is 310 g/mol. The molecule has 1 spiro atoms. The molecule has 2 saturated heterocycles. The lowest BCUT2D eigenvalue weighted by atomic mass is 9.73. The van der Waals surface area contributed by atoms with Crippen molar-refractivity contribution < 1.29 is 14.4 Å². The van der Waals surface area contributed by atoms with Gasteiger partial charge in [0.2, 0.25) is 11.8 Å². The van der Waals surface area contributed by atoms with E-state index in [4.69, 9.17) is 0 Å². The topological polar surface area (TPSA) is 81.8 Å². The number of hydrogen-bond acceptors (Lipinski definition) is 3. The van der Waals surface area contributed by atoms with E-state index in [0.717, 1.165) is 32.2 Å². The van der Waals surface area contributed by atoms with Crippen LogP contribution in [0.15, 0.2) is 0 Å². The average molecular weight is 310 g/mol. The van der Waals surface area contributed by atoms with Crippen LogP contribution in [0.3, 0.4) is 0 Å². The van der Waals surface area contributed by atoms with E-state index >= 15 is 0 Å². The molecule has 0 aromatic heterocycles. The van der Waals surface area contributed by atoms with Crippen molar-refractivity contribution >= 4 is 17.8 Å². The first-order valence-electron chi connectivity index (χ1n) is 7.91. The molecule has 0 atom stereocenters. The van der Waals surface area contributed by atoms with E-state index in [1.54, 1.807) is 14.1 Å². The molecule has 22 heavy (non-hydrogen) atoms. The van der Waals surface area contributed by atoms with Crippen LogP contribution in [0.4, 0.5) is 4.79 Å². The maximum absolute atomic E-state index is 12.1. The summed E-state index contributed by atoms with van der Waals surface area (Å²) in [6.45, 7) is 2.21. The van der Waals surface area contributed by atoms with Gasteiger partial charge in [0, 0.05) is 40.2 Å². The van der Waals surface area contributed by atoms with Crippen LogP contribution in [0.5, 0.6) is 0 Å². The van der Waals surface area contributed by atoms with Crippen molar-refractivity contribution in [1.82, 2.24) is 20.4 Å². The summed E-state index contributed by atoms with van der Waals surface area (Å²) in [4.78, 5) is 38.3. The Hall–Kier alpha value is -1.79. The highest BCUT2D eigenvalue weighted by Crippen LogP contribution is 2.40. The number of amides is 4. The van der Waals surface area contributed by atoms with E-state index in [0.29, 0.717) is 19.5 Å². The van der Waals surface area contributed by atoms with Crippen LogP contribution in [0, 0.1) is 5.41 Å². The third kappa shape index (κ3) is 4.11. The summed E-state index contributed by atoms with van der Waals surface area (Å²) < 4.78 is 0. The summed E-state index contributed by atoms with van der Waals surface area (Å²) >= 11 is 0. The number of rotatable bonds is 2. The smallest absolute Gasteiger partial charge is 0.317 e. The summed E-state index contributed by atoms with van der Waals surface area (Å²) in [5.41, 5.74) is 0.197. The van der Waals surface area contributed by atoms with Crippen molar-refractivity contribution in [3.63, 3.8) is 0 Å². The second-order valence-electron chi connectivity index (χ2n) is 6.53. The fraction of sp³-hybridized carbons (Fsp3) is 0.800. The first-order valence-corrected chi connectivity index (χ1v) is 7.91. The summed E-state index contributed by atoms with van der Waals surface area (Å²) in [5.74, 6) is 0.106. The number of carbonyl (C=O) groups is 3. The minimum atomic E-state index is -0.254. The van der Waals surface area contributed by atoms with Gasteiger partial charge in [-0.1, -0.05) is 0 Å². The SMILES string of the molecule is CN(C)C(=O)NCC(=O)N1CCC2(CCNC(=O)CC2)CC1. The molecule has 0 unspecified atom stereocenters. The van der Waals surface area contributed by atoms with Crippen LogP contribution in [0.2, 0.25) is 0 Å². The molecule has 124 valence electrons. The van der Waals surface area contributed by atoms with Gasteiger partial charge in [-0.15, -0.1) is 0 Å². The van der Waals surface area contributed by atoms with Crippen LogP contribution in [0.1, 0.15) is 32.1 Å². The number of likely N-dealkylation sites (tertiary alicyclic amines) is 1. The average Bonchev–Trinajstić information content (AvgIpc) is 2.67. The Morgan fingerprint density at radius 1 is 1.23 bits per heavy atom. The second kappa shape index (κ2) is 6.98. The molecule has 0 aliphatic carbocycles. The molecule has 4 amide bonds. The second-order valence-corrected chi connectivity index (χ2v) is 6.53. The zero-order valence-corrected chi connectivity index (χ0v) is 13.5. The molecule has 2 N–H and O–H groups in total. The number of hydrogen-bond donors (Lipinski definition) is 2. The summed E-state index contributed by atoms with van der Waals surface area (Å²) in [6, 6.07) is -0.254. The maximum atomic E-state index is 12.1. The van der Waals surface area contributed by atoms with Crippen molar-refractivity contribution in [2.75, 3.05) is 40.3 Å². The van der Waals surface area contributed by atoms with E-state index in [9.17, 15) is 14.4 Å². The van der Waals surface area contributed by atoms with Crippen LogP contribution < -0.4 is 10.6 Å². The molecular weight excluding hydrogens is 284 g/mol. The van der Waals surface area contributed by atoms with Crippen molar-refractivity contribution in [3.05, 3.63) is 0 Å². The van der Waals surface area contributed by atoms with Crippen molar-refractivity contribution in [2.45, 2.75) is 32.1 Å². The van der Waals surface area contributed by atoms with E-state index in [1.807, 2.05) is 4.90 Å². The Labute approximate surface area is 131 Å². The minimum absolute atomic E-state index is 0.0344. The van der Waals surface area contributed by atoms with Gasteiger partial charge in [0.15, 0.2) is 0 Å². The third-order valence-corrected chi connectivity index (χ3v) is 4.83. The molecule has 2 rings (SSSR count). The van der Waals surface area contributed by atoms with E-state index in [2.05, 4.69) is 10.6 Å². The van der Waals surface area contributed by atoms with Crippen molar-refractivity contribution in [3.8, 4) is 0 Å². The number of piperidine rings is 1. The van der Waals surface area contributed by atoms with Gasteiger partial charge < -0.3 is 20.4 Å². The van der Waals surface area contributed by atoms with Crippen LogP contribution in [-0.4, -0.2) is 67.9 Å². The predicted molar refractivity (Wildman–Crippen MR) is 82.2 cm³/mol. The Bertz CT molecular complexity index is 442. The van der Waals surface area contributed by atoms with Crippen molar-refractivity contribution in [2.24, 2.45) is 5.41 Å². The largest absolute Gasteiger partial charge is 0.356 e. The molecular formula is C15H26N4O3. The number of urea groups is 1. The van der Waals surface area contributed by atoms with Gasteiger partial charge in [-0.2, -0.15) is 0 Å². The minimum Gasteiger partial charge on any atom is -0.356 e. The molecule has 0 aromatic rings. The zero-order chi connectivity index (χ0) is 16.2. The number of nitrogens with zero attached hydrogens (tertiary/aromatic N) is 2. The normalized spacial score (nSPS) is 21.0. The molecule has 0 aromatic carbocycles. The summed E-state index contributed by atoms with van der Waals surface area (Å²) in [6.07, 6.45) is 4.38. The summed E-state index contributed by atoms with van der Waals surface area (Å²) in [7, 11) is 3.29. The highest BCUT2D eigenvalue weighted by molar-refractivity contribution is 5.83. The molecule has 2 aliphatic heterocycles. The van der Waals surface area contributed by atoms with Crippen LogP contribution in [-0.2, 0) is 9.59 Å². The Morgan fingerprint density at radius 2 is 1.91 bits per heavy atom. The van der Waals surface area contributed by atoms with Gasteiger partial charge in [-0.3, -0.25) is 9.59 Å². The molecule has 2 fully saturated rings. The third-order valence-electron chi connectivity index (χ3n) is 4.83. The summed E-state index contributed by atoms with van der Waals surface area (Å²) in [5, 5.41) is 5.53. The fourth-order valence-electron chi connectivity index (χ4n) is 3.21. The van der Waals surface area contributed by atoms with Gasteiger partial charge in [0.05, 0.1) is 6.54 Å². The number of carbonyl (C=O) groups excluding carboxylic acids is 3. The lowest BCUT2D eigenvalue weighted by Crippen LogP contribution is -2.48. The molecule has 7 nitrogen and oxygen atoms in total. The lowest BCUT2D eigenvalue weighted by Gasteiger charge is -2.41. The first kappa shape index (κ1) is 16.6.